The van der Waals surface area contributed by atoms with Crippen molar-refractivity contribution in [3.63, 3.8) is 0 Å². The van der Waals surface area contributed by atoms with Crippen molar-refractivity contribution >= 4 is 34.8 Å². The van der Waals surface area contributed by atoms with Crippen molar-refractivity contribution in [3.8, 4) is 11.3 Å². The maximum atomic E-state index is 6.09. The second-order valence-corrected chi connectivity index (χ2v) is 4.48. The fourth-order valence-corrected chi connectivity index (χ4v) is 1.88. The van der Waals surface area contributed by atoms with Crippen molar-refractivity contribution in [2.45, 2.75) is 6.92 Å². The maximum Gasteiger partial charge on any atom is 0.222 e. The van der Waals surface area contributed by atoms with Crippen LogP contribution in [0.5, 0.6) is 0 Å². The Balaban J connectivity index is 2.66. The van der Waals surface area contributed by atoms with Gasteiger partial charge in [-0.05, 0) is 42.3 Å². The molecule has 0 saturated carbocycles. The summed E-state index contributed by atoms with van der Waals surface area (Å²) in [6.45, 7) is 1.89. The molecule has 0 aliphatic carbocycles. The molecule has 0 aliphatic rings. The summed E-state index contributed by atoms with van der Waals surface area (Å²) >= 11 is 17.8. The van der Waals surface area contributed by atoms with Gasteiger partial charge in [0.1, 0.15) is 0 Å². The molecule has 82 valence electrons. The minimum Gasteiger partial charge on any atom is -0.226 e. The monoisotopic (exact) mass is 272 g/mol. The van der Waals surface area contributed by atoms with Crippen molar-refractivity contribution < 1.29 is 0 Å². The van der Waals surface area contributed by atoms with E-state index in [0.29, 0.717) is 15.7 Å². The molecule has 0 N–H and O–H groups in total. The van der Waals surface area contributed by atoms with E-state index >= 15 is 0 Å². The second-order valence-electron chi connectivity index (χ2n) is 3.29. The number of aromatic nitrogens is 2. The van der Waals surface area contributed by atoms with Crippen LogP contribution in [0.25, 0.3) is 11.3 Å². The van der Waals surface area contributed by atoms with Crippen LogP contribution in [0.15, 0.2) is 24.4 Å². The highest BCUT2D eigenvalue weighted by Gasteiger charge is 2.10. The smallest absolute Gasteiger partial charge is 0.222 e. The van der Waals surface area contributed by atoms with Gasteiger partial charge in [0.15, 0.2) is 0 Å². The van der Waals surface area contributed by atoms with Crippen LogP contribution in [0.4, 0.5) is 0 Å². The highest BCUT2D eigenvalue weighted by molar-refractivity contribution is 6.35. The zero-order valence-corrected chi connectivity index (χ0v) is 10.6. The van der Waals surface area contributed by atoms with Crippen LogP contribution in [0.2, 0.25) is 15.3 Å². The number of hydrogen-bond donors (Lipinski definition) is 0. The number of halogens is 3. The van der Waals surface area contributed by atoms with Crippen LogP contribution < -0.4 is 0 Å². The molecule has 0 bridgehead atoms. The molecule has 2 nitrogen and oxygen atoms in total. The number of benzene rings is 1. The molecule has 0 atom stereocenters. The van der Waals surface area contributed by atoms with Gasteiger partial charge in [-0.3, -0.25) is 0 Å². The number of nitrogens with zero attached hydrogens (tertiary/aromatic N) is 2. The first-order valence-corrected chi connectivity index (χ1v) is 5.66. The fraction of sp³-hybridized carbons (Fsp3) is 0.0909. The van der Waals surface area contributed by atoms with Gasteiger partial charge in [0.2, 0.25) is 5.28 Å². The third-order valence-corrected chi connectivity index (χ3v) is 2.87. The molecule has 0 spiro atoms. The summed E-state index contributed by atoms with van der Waals surface area (Å²) in [5, 5.41) is 1.38. The minimum atomic E-state index is 0.191. The van der Waals surface area contributed by atoms with Crippen LogP contribution in [-0.2, 0) is 0 Å². The van der Waals surface area contributed by atoms with E-state index in [1.165, 1.54) is 0 Å². The van der Waals surface area contributed by atoms with Gasteiger partial charge in [0.25, 0.3) is 0 Å². The maximum absolute atomic E-state index is 6.09. The van der Waals surface area contributed by atoms with Crippen LogP contribution in [-0.4, -0.2) is 9.97 Å². The van der Waals surface area contributed by atoms with Crippen molar-refractivity contribution in [2.75, 3.05) is 0 Å². The van der Waals surface area contributed by atoms with E-state index in [0.717, 1.165) is 11.1 Å². The Morgan fingerprint density at radius 1 is 1.12 bits per heavy atom. The number of aryl methyl sites for hydroxylation is 1. The lowest BCUT2D eigenvalue weighted by Gasteiger charge is -2.07. The zero-order chi connectivity index (χ0) is 11.7. The first kappa shape index (κ1) is 11.6. The van der Waals surface area contributed by atoms with E-state index in [4.69, 9.17) is 34.8 Å². The Morgan fingerprint density at radius 3 is 2.62 bits per heavy atom. The predicted octanol–water partition coefficient (Wildman–Crippen LogP) is 4.41. The highest BCUT2D eigenvalue weighted by atomic mass is 35.5. The molecular weight excluding hydrogens is 266 g/mol. The first-order valence-electron chi connectivity index (χ1n) is 4.52. The molecule has 0 unspecified atom stereocenters. The summed E-state index contributed by atoms with van der Waals surface area (Å²) in [5.74, 6) is 0. The van der Waals surface area contributed by atoms with E-state index in [-0.39, 0.29) is 5.28 Å². The van der Waals surface area contributed by atoms with Gasteiger partial charge >= 0.3 is 0 Å². The summed E-state index contributed by atoms with van der Waals surface area (Å²) in [6.07, 6.45) is 1.65. The van der Waals surface area contributed by atoms with E-state index in [9.17, 15) is 0 Å². The van der Waals surface area contributed by atoms with Gasteiger partial charge < -0.3 is 0 Å². The summed E-state index contributed by atoms with van der Waals surface area (Å²) in [5.41, 5.74) is 2.36. The van der Waals surface area contributed by atoms with Crippen molar-refractivity contribution in [1.82, 2.24) is 9.97 Å². The number of hydrogen-bond acceptors (Lipinski definition) is 2. The molecule has 1 aromatic carbocycles. The molecule has 0 aliphatic heterocycles. The average Bonchev–Trinajstić information content (AvgIpc) is 2.25. The molecule has 5 heteroatoms. The predicted molar refractivity (Wildman–Crippen MR) is 67.2 cm³/mol. The molecule has 0 radical (unpaired) electrons. The lowest BCUT2D eigenvalue weighted by atomic mass is 10.1. The van der Waals surface area contributed by atoms with E-state index in [2.05, 4.69) is 9.97 Å². The Kier molecular flexibility index (Phi) is 3.33. The van der Waals surface area contributed by atoms with E-state index < -0.39 is 0 Å². The van der Waals surface area contributed by atoms with Gasteiger partial charge in [-0.15, -0.1) is 0 Å². The zero-order valence-electron chi connectivity index (χ0n) is 8.34. The molecule has 1 heterocycles. The molecule has 0 saturated heterocycles. The van der Waals surface area contributed by atoms with Crippen molar-refractivity contribution in [2.24, 2.45) is 0 Å². The Hall–Kier alpha value is -0.830. The third kappa shape index (κ3) is 2.29. The van der Waals surface area contributed by atoms with Gasteiger partial charge in [-0.1, -0.05) is 23.2 Å². The average molecular weight is 274 g/mol. The summed E-state index contributed by atoms with van der Waals surface area (Å²) in [4.78, 5) is 8.05. The Labute approximate surface area is 108 Å². The largest absolute Gasteiger partial charge is 0.226 e. The molecule has 0 amide bonds. The first-order chi connectivity index (χ1) is 7.58. The van der Waals surface area contributed by atoms with Crippen molar-refractivity contribution in [1.29, 1.82) is 0 Å². The molecule has 0 fully saturated rings. The van der Waals surface area contributed by atoms with Gasteiger partial charge in [-0.2, -0.15) is 0 Å². The van der Waals surface area contributed by atoms with Crippen LogP contribution >= 0.6 is 34.8 Å². The Morgan fingerprint density at radius 2 is 1.88 bits per heavy atom. The molecule has 1 aromatic heterocycles. The van der Waals surface area contributed by atoms with Crippen LogP contribution in [0.3, 0.4) is 0 Å². The molecular formula is C11H7Cl3N2. The minimum absolute atomic E-state index is 0.191. The summed E-state index contributed by atoms with van der Waals surface area (Å²) in [6, 6.07) is 5.22. The van der Waals surface area contributed by atoms with Gasteiger partial charge in [-0.25, -0.2) is 9.97 Å². The SMILES string of the molecule is Cc1cnc(Cl)nc1-c1cc(Cl)ccc1Cl. The van der Waals surface area contributed by atoms with Crippen LogP contribution in [0, 0.1) is 6.92 Å². The Bertz CT molecular complexity index is 491. The van der Waals surface area contributed by atoms with Crippen molar-refractivity contribution in [3.05, 3.63) is 45.3 Å². The normalized spacial score (nSPS) is 10.5. The molecule has 2 rings (SSSR count). The van der Waals surface area contributed by atoms with Gasteiger partial charge in [0, 0.05) is 16.8 Å². The van der Waals surface area contributed by atoms with Gasteiger partial charge in [0.05, 0.1) is 10.7 Å². The van der Waals surface area contributed by atoms with E-state index in [1.54, 1.807) is 24.4 Å². The fourth-order valence-electron chi connectivity index (χ4n) is 1.37. The number of rotatable bonds is 1. The molecule has 2 aromatic rings. The lowest BCUT2D eigenvalue weighted by Crippen LogP contribution is -1.92. The summed E-state index contributed by atoms with van der Waals surface area (Å²) in [7, 11) is 0. The molecule has 16 heavy (non-hydrogen) atoms. The quantitative estimate of drug-likeness (QED) is 0.719. The third-order valence-electron chi connectivity index (χ3n) is 2.13. The van der Waals surface area contributed by atoms with Crippen LogP contribution in [0.1, 0.15) is 5.56 Å². The lowest BCUT2D eigenvalue weighted by molar-refractivity contribution is 1.13. The summed E-state index contributed by atoms with van der Waals surface area (Å²) < 4.78 is 0. The second kappa shape index (κ2) is 4.58. The topological polar surface area (TPSA) is 25.8 Å². The standard InChI is InChI=1S/C11H7Cl3N2/c1-6-5-15-11(14)16-10(6)8-4-7(12)2-3-9(8)13/h2-5H,1H3. The van der Waals surface area contributed by atoms with E-state index in [1.807, 2.05) is 6.92 Å². The highest BCUT2D eigenvalue weighted by Crippen LogP contribution is 2.31.